The first-order valence-corrected chi connectivity index (χ1v) is 7.00. The first kappa shape index (κ1) is 17.1. The first-order valence-electron chi connectivity index (χ1n) is 7.00. The molecule has 0 aliphatic rings. The SMILES string of the molecule is CNC(=O)NC(=O)COC(=O)Cn1nnc(-c2ccc(C)cc2)n1. The van der Waals surface area contributed by atoms with Crippen molar-refractivity contribution in [2.24, 2.45) is 0 Å². The van der Waals surface area contributed by atoms with E-state index in [9.17, 15) is 14.4 Å². The van der Waals surface area contributed by atoms with E-state index >= 15 is 0 Å². The van der Waals surface area contributed by atoms with Gasteiger partial charge in [0.15, 0.2) is 13.2 Å². The van der Waals surface area contributed by atoms with Crippen molar-refractivity contribution in [3.05, 3.63) is 29.8 Å². The second-order valence-electron chi connectivity index (χ2n) is 4.80. The van der Waals surface area contributed by atoms with E-state index in [2.05, 4.69) is 20.7 Å². The number of nitrogens with one attached hydrogen (secondary N) is 2. The van der Waals surface area contributed by atoms with Crippen LogP contribution in [0.3, 0.4) is 0 Å². The molecule has 0 atom stereocenters. The van der Waals surface area contributed by atoms with Crippen LogP contribution in [-0.4, -0.2) is 51.8 Å². The number of urea groups is 1. The third-order valence-corrected chi connectivity index (χ3v) is 2.88. The molecule has 1 heterocycles. The van der Waals surface area contributed by atoms with Gasteiger partial charge in [-0.25, -0.2) is 9.59 Å². The highest BCUT2D eigenvalue weighted by atomic mass is 16.5. The zero-order valence-electron chi connectivity index (χ0n) is 13.1. The smallest absolute Gasteiger partial charge is 0.330 e. The Labute approximate surface area is 137 Å². The number of carbonyl (C=O) groups is 3. The molecule has 10 nitrogen and oxygen atoms in total. The van der Waals surface area contributed by atoms with E-state index < -0.39 is 24.5 Å². The highest BCUT2D eigenvalue weighted by molar-refractivity contribution is 5.95. The normalized spacial score (nSPS) is 10.1. The van der Waals surface area contributed by atoms with Crippen LogP contribution in [0.15, 0.2) is 24.3 Å². The minimum Gasteiger partial charge on any atom is -0.454 e. The van der Waals surface area contributed by atoms with E-state index in [1.54, 1.807) is 0 Å². The summed E-state index contributed by atoms with van der Waals surface area (Å²) in [5.41, 5.74) is 1.87. The van der Waals surface area contributed by atoms with E-state index in [1.165, 1.54) is 7.05 Å². The van der Waals surface area contributed by atoms with Crippen molar-refractivity contribution in [1.82, 2.24) is 30.8 Å². The maximum atomic E-state index is 11.6. The number of ether oxygens (including phenoxy) is 1. The predicted octanol–water partition coefficient (Wildman–Crippen LogP) is -0.353. The van der Waals surface area contributed by atoms with Crippen LogP contribution in [0.4, 0.5) is 4.79 Å². The molecule has 0 saturated heterocycles. The molecule has 2 aromatic rings. The lowest BCUT2D eigenvalue weighted by molar-refractivity contribution is -0.149. The van der Waals surface area contributed by atoms with Gasteiger partial charge in [-0.15, -0.1) is 10.2 Å². The van der Waals surface area contributed by atoms with E-state index in [0.717, 1.165) is 15.9 Å². The molecular formula is C14H16N6O4. The highest BCUT2D eigenvalue weighted by Gasteiger charge is 2.13. The molecule has 0 saturated carbocycles. The fourth-order valence-electron chi connectivity index (χ4n) is 1.66. The maximum Gasteiger partial charge on any atom is 0.330 e. The predicted molar refractivity (Wildman–Crippen MR) is 81.5 cm³/mol. The lowest BCUT2D eigenvalue weighted by Gasteiger charge is -2.04. The van der Waals surface area contributed by atoms with Gasteiger partial charge in [0, 0.05) is 12.6 Å². The minimum atomic E-state index is -0.741. The van der Waals surface area contributed by atoms with Gasteiger partial charge in [0.05, 0.1) is 0 Å². The largest absolute Gasteiger partial charge is 0.454 e. The fraction of sp³-hybridized carbons (Fsp3) is 0.286. The van der Waals surface area contributed by atoms with Crippen molar-refractivity contribution in [2.45, 2.75) is 13.5 Å². The monoisotopic (exact) mass is 332 g/mol. The van der Waals surface area contributed by atoms with E-state index in [1.807, 2.05) is 36.5 Å². The first-order chi connectivity index (χ1) is 11.5. The Balaban J connectivity index is 1.85. The Bertz CT molecular complexity index is 740. The number of tetrazole rings is 1. The van der Waals surface area contributed by atoms with Crippen molar-refractivity contribution >= 4 is 17.9 Å². The molecule has 0 fully saturated rings. The zero-order valence-corrected chi connectivity index (χ0v) is 13.1. The second kappa shape index (κ2) is 7.81. The summed E-state index contributed by atoms with van der Waals surface area (Å²) in [7, 11) is 1.36. The number of aromatic nitrogens is 4. The zero-order chi connectivity index (χ0) is 17.5. The number of aryl methyl sites for hydroxylation is 1. The van der Waals surface area contributed by atoms with Crippen molar-refractivity contribution in [2.75, 3.05) is 13.7 Å². The van der Waals surface area contributed by atoms with Crippen LogP contribution in [0.25, 0.3) is 11.4 Å². The molecule has 0 bridgehead atoms. The molecule has 1 aromatic heterocycles. The van der Waals surface area contributed by atoms with Gasteiger partial charge in [-0.1, -0.05) is 29.8 Å². The number of nitrogens with zero attached hydrogens (tertiary/aromatic N) is 4. The molecule has 1 aromatic carbocycles. The molecule has 2 N–H and O–H groups in total. The Kier molecular flexibility index (Phi) is 5.55. The van der Waals surface area contributed by atoms with Crippen molar-refractivity contribution < 1.29 is 19.1 Å². The van der Waals surface area contributed by atoms with Crippen LogP contribution in [0, 0.1) is 6.92 Å². The molecule has 0 spiro atoms. The van der Waals surface area contributed by atoms with Crippen LogP contribution >= 0.6 is 0 Å². The number of rotatable bonds is 5. The molecule has 0 radical (unpaired) electrons. The maximum absolute atomic E-state index is 11.6. The summed E-state index contributed by atoms with van der Waals surface area (Å²) in [4.78, 5) is 34.9. The molecule has 0 aliphatic carbocycles. The van der Waals surface area contributed by atoms with Crippen molar-refractivity contribution in [3.63, 3.8) is 0 Å². The molecule has 24 heavy (non-hydrogen) atoms. The molecular weight excluding hydrogens is 316 g/mol. The van der Waals surface area contributed by atoms with Crippen molar-refractivity contribution in [3.8, 4) is 11.4 Å². The van der Waals surface area contributed by atoms with Crippen LogP contribution in [0.5, 0.6) is 0 Å². The second-order valence-corrected chi connectivity index (χ2v) is 4.80. The number of amides is 3. The number of hydrogen-bond donors (Lipinski definition) is 2. The van der Waals surface area contributed by atoms with Gasteiger partial charge in [-0.2, -0.15) is 4.80 Å². The summed E-state index contributed by atoms with van der Waals surface area (Å²) >= 11 is 0. The summed E-state index contributed by atoms with van der Waals surface area (Å²) in [6.07, 6.45) is 0. The number of benzene rings is 1. The fourth-order valence-corrected chi connectivity index (χ4v) is 1.66. The van der Waals surface area contributed by atoms with Gasteiger partial charge in [0.1, 0.15) is 0 Å². The quantitative estimate of drug-likeness (QED) is 0.716. The Morgan fingerprint density at radius 1 is 1.21 bits per heavy atom. The number of hydrogen-bond acceptors (Lipinski definition) is 7. The molecule has 126 valence electrons. The summed E-state index contributed by atoms with van der Waals surface area (Å²) in [5.74, 6) is -1.09. The summed E-state index contributed by atoms with van der Waals surface area (Å²) < 4.78 is 4.72. The molecule has 2 rings (SSSR count). The average molecular weight is 332 g/mol. The Hall–Kier alpha value is -3.30. The van der Waals surface area contributed by atoms with Crippen LogP contribution in [-0.2, 0) is 20.9 Å². The number of carbonyl (C=O) groups excluding carboxylic acids is 3. The van der Waals surface area contributed by atoms with Crippen LogP contribution < -0.4 is 10.6 Å². The van der Waals surface area contributed by atoms with E-state index in [0.29, 0.717) is 5.82 Å². The minimum absolute atomic E-state index is 0.299. The Morgan fingerprint density at radius 3 is 2.58 bits per heavy atom. The van der Waals surface area contributed by atoms with E-state index in [-0.39, 0.29) is 6.54 Å². The van der Waals surface area contributed by atoms with Gasteiger partial charge < -0.3 is 10.1 Å². The topological polar surface area (TPSA) is 128 Å². The average Bonchev–Trinajstić information content (AvgIpc) is 3.02. The molecule has 3 amide bonds. The van der Waals surface area contributed by atoms with Crippen LogP contribution in [0.2, 0.25) is 0 Å². The summed E-state index contributed by atoms with van der Waals surface area (Å²) in [6.45, 7) is 1.09. The van der Waals surface area contributed by atoms with E-state index in [4.69, 9.17) is 4.74 Å². The summed E-state index contributed by atoms with van der Waals surface area (Å²) in [5, 5.41) is 15.8. The molecule has 0 aliphatic heterocycles. The third-order valence-electron chi connectivity index (χ3n) is 2.88. The van der Waals surface area contributed by atoms with Gasteiger partial charge >= 0.3 is 12.0 Å². The Morgan fingerprint density at radius 2 is 1.92 bits per heavy atom. The molecule has 0 unspecified atom stereocenters. The van der Waals surface area contributed by atoms with Crippen molar-refractivity contribution in [1.29, 1.82) is 0 Å². The number of esters is 1. The lowest BCUT2D eigenvalue weighted by atomic mass is 10.1. The standard InChI is InChI=1S/C14H16N6O4/c1-9-3-5-10(6-4-9)13-17-19-20(18-13)7-12(22)24-8-11(21)16-14(23)15-2/h3-6H,7-8H2,1-2H3,(H2,15,16,21,23). The van der Waals surface area contributed by atoms with Gasteiger partial charge in [-0.05, 0) is 12.1 Å². The van der Waals surface area contributed by atoms with Gasteiger partial charge in [0.25, 0.3) is 5.91 Å². The number of imide groups is 1. The lowest BCUT2D eigenvalue weighted by Crippen LogP contribution is -2.39. The molecule has 10 heteroatoms. The third kappa shape index (κ3) is 4.87. The summed E-state index contributed by atoms with van der Waals surface area (Å²) in [6, 6.07) is 6.83. The van der Waals surface area contributed by atoms with Gasteiger partial charge in [-0.3, -0.25) is 10.1 Å². The van der Waals surface area contributed by atoms with Crippen LogP contribution in [0.1, 0.15) is 5.56 Å². The van der Waals surface area contributed by atoms with Gasteiger partial charge in [0.2, 0.25) is 5.82 Å². The highest BCUT2D eigenvalue weighted by Crippen LogP contribution is 2.13.